The number of nitrogens with zero attached hydrogens (tertiary/aromatic N) is 1. The zero-order valence-electron chi connectivity index (χ0n) is 10.6. The molecule has 3 nitrogen and oxygen atoms in total. The van der Waals surface area contributed by atoms with Gasteiger partial charge < -0.3 is 5.32 Å². The van der Waals surface area contributed by atoms with Crippen molar-refractivity contribution < 1.29 is 4.79 Å². The quantitative estimate of drug-likeness (QED) is 0.910. The minimum absolute atomic E-state index is 0.0968. The summed E-state index contributed by atoms with van der Waals surface area (Å²) in [5.74, 6) is -0.0996. The van der Waals surface area contributed by atoms with Crippen molar-refractivity contribution in [3.05, 3.63) is 71.3 Å². The van der Waals surface area contributed by atoms with E-state index < -0.39 is 0 Å². The van der Waals surface area contributed by atoms with Gasteiger partial charge in [-0.3, -0.25) is 4.79 Å². The number of nitrogens with one attached hydrogen (secondary N) is 1. The van der Waals surface area contributed by atoms with Crippen molar-refractivity contribution in [2.75, 3.05) is 0 Å². The molecule has 0 heterocycles. The third kappa shape index (κ3) is 3.20. The highest BCUT2D eigenvalue weighted by Gasteiger charge is 2.10. The molecule has 0 saturated carbocycles. The number of carbonyl (C=O) groups excluding carboxylic acids is 1. The molecule has 94 valence electrons. The van der Waals surface area contributed by atoms with E-state index in [-0.39, 0.29) is 11.9 Å². The maximum atomic E-state index is 12.0. The Labute approximate surface area is 112 Å². The van der Waals surface area contributed by atoms with Crippen LogP contribution in [0, 0.1) is 11.3 Å². The molecule has 19 heavy (non-hydrogen) atoms. The Morgan fingerprint density at radius 3 is 2.32 bits per heavy atom. The van der Waals surface area contributed by atoms with Crippen molar-refractivity contribution in [1.29, 1.82) is 5.26 Å². The average molecular weight is 250 g/mol. The lowest BCUT2D eigenvalue weighted by Crippen LogP contribution is -2.26. The number of amides is 1. The number of hydrogen-bond acceptors (Lipinski definition) is 2. The zero-order valence-corrected chi connectivity index (χ0v) is 10.6. The first-order valence-corrected chi connectivity index (χ1v) is 6.06. The van der Waals surface area contributed by atoms with E-state index >= 15 is 0 Å². The first-order valence-electron chi connectivity index (χ1n) is 6.06. The number of carbonyl (C=O) groups is 1. The van der Waals surface area contributed by atoms with Gasteiger partial charge in [-0.15, -0.1) is 0 Å². The van der Waals surface area contributed by atoms with Crippen molar-refractivity contribution in [2.24, 2.45) is 0 Å². The second kappa shape index (κ2) is 5.83. The van der Waals surface area contributed by atoms with E-state index in [1.165, 1.54) is 0 Å². The fourth-order valence-electron chi connectivity index (χ4n) is 1.80. The minimum atomic E-state index is -0.0996. The van der Waals surface area contributed by atoms with Crippen LogP contribution in [-0.4, -0.2) is 5.91 Å². The van der Waals surface area contributed by atoms with Crippen molar-refractivity contribution in [3.63, 3.8) is 0 Å². The fraction of sp³-hybridized carbons (Fsp3) is 0.125. The third-order valence-electron chi connectivity index (χ3n) is 2.92. The number of nitriles is 1. The maximum Gasteiger partial charge on any atom is 0.251 e. The Bertz CT molecular complexity index is 597. The van der Waals surface area contributed by atoms with E-state index in [4.69, 9.17) is 5.26 Å². The molecule has 0 radical (unpaired) electrons. The van der Waals surface area contributed by atoms with Crippen LogP contribution in [0.5, 0.6) is 0 Å². The van der Waals surface area contributed by atoms with Gasteiger partial charge in [-0.25, -0.2) is 0 Å². The molecule has 0 aliphatic heterocycles. The van der Waals surface area contributed by atoms with Crippen molar-refractivity contribution >= 4 is 5.91 Å². The summed E-state index contributed by atoms with van der Waals surface area (Å²) in [6.07, 6.45) is 0. The van der Waals surface area contributed by atoms with E-state index in [2.05, 4.69) is 11.4 Å². The molecule has 1 N–H and O–H groups in total. The van der Waals surface area contributed by atoms with Crippen LogP contribution in [0.25, 0.3) is 0 Å². The van der Waals surface area contributed by atoms with Gasteiger partial charge in [0.15, 0.2) is 0 Å². The molecule has 0 fully saturated rings. The highest BCUT2D eigenvalue weighted by atomic mass is 16.1. The fourth-order valence-corrected chi connectivity index (χ4v) is 1.80. The predicted molar refractivity (Wildman–Crippen MR) is 73.5 cm³/mol. The van der Waals surface area contributed by atoms with Crippen molar-refractivity contribution in [1.82, 2.24) is 5.32 Å². The molecule has 0 saturated heterocycles. The maximum absolute atomic E-state index is 12.0. The molecule has 2 rings (SSSR count). The third-order valence-corrected chi connectivity index (χ3v) is 2.92. The average Bonchev–Trinajstić information content (AvgIpc) is 2.48. The predicted octanol–water partition coefficient (Wildman–Crippen LogP) is 3.05. The van der Waals surface area contributed by atoms with Crippen LogP contribution in [-0.2, 0) is 0 Å². The second-order valence-electron chi connectivity index (χ2n) is 4.29. The summed E-state index contributed by atoms with van der Waals surface area (Å²) >= 11 is 0. The Morgan fingerprint density at radius 1 is 1.11 bits per heavy atom. The normalized spacial score (nSPS) is 11.4. The Balaban J connectivity index is 2.06. The van der Waals surface area contributed by atoms with Crippen LogP contribution < -0.4 is 5.32 Å². The zero-order chi connectivity index (χ0) is 13.7. The number of rotatable bonds is 3. The molecule has 1 unspecified atom stereocenters. The molecular weight excluding hydrogens is 236 g/mol. The molecule has 0 aliphatic rings. The largest absolute Gasteiger partial charge is 0.346 e. The Kier molecular flexibility index (Phi) is 3.94. The van der Waals surface area contributed by atoms with Crippen LogP contribution >= 0.6 is 0 Å². The van der Waals surface area contributed by atoms with Crippen molar-refractivity contribution in [2.45, 2.75) is 13.0 Å². The Morgan fingerprint density at radius 2 is 1.74 bits per heavy atom. The summed E-state index contributed by atoms with van der Waals surface area (Å²) in [7, 11) is 0. The van der Waals surface area contributed by atoms with E-state index in [1.54, 1.807) is 24.3 Å². The molecular formula is C16H14N2O. The highest BCUT2D eigenvalue weighted by molar-refractivity contribution is 5.94. The molecule has 1 amide bonds. The number of hydrogen-bond donors (Lipinski definition) is 1. The standard InChI is InChI=1S/C16H14N2O/c1-12(14-9-7-13(11-17)8-10-14)18-16(19)15-5-3-2-4-6-15/h2-10,12H,1H3,(H,18,19). The molecule has 0 bridgehead atoms. The van der Waals surface area contributed by atoms with Gasteiger partial charge in [0.25, 0.3) is 5.91 Å². The van der Waals surface area contributed by atoms with Crippen LogP contribution in [0.2, 0.25) is 0 Å². The SMILES string of the molecule is CC(NC(=O)c1ccccc1)c1ccc(C#N)cc1. The van der Waals surface area contributed by atoms with Gasteiger partial charge in [-0.2, -0.15) is 5.26 Å². The first-order chi connectivity index (χ1) is 9.20. The van der Waals surface area contributed by atoms with Gasteiger partial charge in [0, 0.05) is 5.56 Å². The monoisotopic (exact) mass is 250 g/mol. The van der Waals surface area contributed by atoms with Crippen LogP contribution in [0.4, 0.5) is 0 Å². The summed E-state index contributed by atoms with van der Waals surface area (Å²) in [5, 5.41) is 11.7. The van der Waals surface area contributed by atoms with Gasteiger partial charge in [0.05, 0.1) is 17.7 Å². The first kappa shape index (κ1) is 12.8. The topological polar surface area (TPSA) is 52.9 Å². The summed E-state index contributed by atoms with van der Waals surface area (Å²) < 4.78 is 0. The molecule has 1 atom stereocenters. The van der Waals surface area contributed by atoms with E-state index in [9.17, 15) is 4.79 Å². The Hall–Kier alpha value is -2.60. The minimum Gasteiger partial charge on any atom is -0.346 e. The second-order valence-corrected chi connectivity index (χ2v) is 4.29. The molecule has 2 aromatic carbocycles. The summed E-state index contributed by atoms with van der Waals surface area (Å²) in [4.78, 5) is 12.0. The lowest BCUT2D eigenvalue weighted by atomic mass is 10.1. The lowest BCUT2D eigenvalue weighted by molar-refractivity contribution is 0.0940. The van der Waals surface area contributed by atoms with Gasteiger partial charge in [0.2, 0.25) is 0 Å². The highest BCUT2D eigenvalue weighted by Crippen LogP contribution is 2.14. The van der Waals surface area contributed by atoms with Gasteiger partial charge in [-0.05, 0) is 36.8 Å². The van der Waals surface area contributed by atoms with Crippen molar-refractivity contribution in [3.8, 4) is 6.07 Å². The lowest BCUT2D eigenvalue weighted by Gasteiger charge is -2.14. The molecule has 0 aromatic heterocycles. The van der Waals surface area contributed by atoms with Crippen LogP contribution in [0.15, 0.2) is 54.6 Å². The number of benzene rings is 2. The summed E-state index contributed by atoms with van der Waals surface area (Å²) in [6, 6.07) is 18.3. The molecule has 3 heteroatoms. The van der Waals surface area contributed by atoms with E-state index in [0.717, 1.165) is 5.56 Å². The molecule has 0 spiro atoms. The van der Waals surface area contributed by atoms with Gasteiger partial charge >= 0.3 is 0 Å². The van der Waals surface area contributed by atoms with E-state index in [0.29, 0.717) is 11.1 Å². The summed E-state index contributed by atoms with van der Waals surface area (Å²) in [5.41, 5.74) is 2.23. The summed E-state index contributed by atoms with van der Waals surface area (Å²) in [6.45, 7) is 1.92. The smallest absolute Gasteiger partial charge is 0.251 e. The molecule has 2 aromatic rings. The van der Waals surface area contributed by atoms with Crippen LogP contribution in [0.3, 0.4) is 0 Å². The molecule has 0 aliphatic carbocycles. The van der Waals surface area contributed by atoms with Gasteiger partial charge in [-0.1, -0.05) is 30.3 Å². The van der Waals surface area contributed by atoms with Gasteiger partial charge in [0.1, 0.15) is 0 Å². The van der Waals surface area contributed by atoms with Crippen LogP contribution in [0.1, 0.15) is 34.5 Å². The van der Waals surface area contributed by atoms with E-state index in [1.807, 2.05) is 37.3 Å².